The quantitative estimate of drug-likeness (QED) is 0.748. The molecule has 1 amide bonds. The maximum atomic E-state index is 13.1. The van der Waals surface area contributed by atoms with Gasteiger partial charge in [-0.1, -0.05) is 42.8 Å². The molecular weight excluding hydrogens is 420 g/mol. The molecule has 160 valence electrons. The summed E-state index contributed by atoms with van der Waals surface area (Å²) in [6.45, 7) is 3.15. The van der Waals surface area contributed by atoms with E-state index in [4.69, 9.17) is 11.6 Å². The summed E-state index contributed by atoms with van der Waals surface area (Å²) >= 11 is 6.29. The Kier molecular flexibility index (Phi) is 6.19. The fraction of sp³-hybridized carbons (Fsp3) is 0.435. The number of hydrogen-bond donors (Lipinski definition) is 1. The lowest BCUT2D eigenvalue weighted by Gasteiger charge is -2.29. The van der Waals surface area contributed by atoms with Gasteiger partial charge in [0.2, 0.25) is 10.0 Å². The molecule has 1 unspecified atom stereocenters. The molecule has 1 atom stereocenters. The molecule has 4 rings (SSSR count). The van der Waals surface area contributed by atoms with Crippen LogP contribution in [0.1, 0.15) is 60.1 Å². The lowest BCUT2D eigenvalue weighted by Crippen LogP contribution is -2.38. The van der Waals surface area contributed by atoms with Gasteiger partial charge in [-0.3, -0.25) is 4.79 Å². The Morgan fingerprint density at radius 3 is 2.60 bits per heavy atom. The molecule has 1 heterocycles. The van der Waals surface area contributed by atoms with Crippen LogP contribution in [-0.2, 0) is 16.4 Å². The zero-order valence-electron chi connectivity index (χ0n) is 17.1. The molecule has 7 heteroatoms. The second-order valence-electron chi connectivity index (χ2n) is 8.35. The van der Waals surface area contributed by atoms with Gasteiger partial charge in [0.15, 0.2) is 0 Å². The molecule has 0 radical (unpaired) electrons. The first-order valence-electron chi connectivity index (χ1n) is 10.5. The van der Waals surface area contributed by atoms with Crippen LogP contribution in [0.5, 0.6) is 0 Å². The number of carbonyl (C=O) groups excluding carboxylic acids is 1. The van der Waals surface area contributed by atoms with Crippen molar-refractivity contribution in [3.8, 4) is 0 Å². The van der Waals surface area contributed by atoms with Crippen LogP contribution in [0, 0.1) is 5.92 Å². The molecule has 2 aromatic carbocycles. The van der Waals surface area contributed by atoms with E-state index in [1.165, 1.54) is 28.1 Å². The summed E-state index contributed by atoms with van der Waals surface area (Å²) in [5, 5.41) is 3.32. The van der Waals surface area contributed by atoms with E-state index in [1.807, 2.05) is 18.2 Å². The van der Waals surface area contributed by atoms with Crippen molar-refractivity contribution in [2.24, 2.45) is 5.92 Å². The van der Waals surface area contributed by atoms with Crippen molar-refractivity contribution in [2.45, 2.75) is 50.0 Å². The molecule has 2 aliphatic rings. The van der Waals surface area contributed by atoms with Crippen LogP contribution in [0.3, 0.4) is 0 Å². The fourth-order valence-electron chi connectivity index (χ4n) is 4.35. The van der Waals surface area contributed by atoms with E-state index in [2.05, 4.69) is 18.3 Å². The molecule has 30 heavy (non-hydrogen) atoms. The van der Waals surface area contributed by atoms with Gasteiger partial charge in [-0.25, -0.2) is 8.42 Å². The number of sulfonamides is 1. The topological polar surface area (TPSA) is 66.5 Å². The van der Waals surface area contributed by atoms with E-state index in [1.54, 1.807) is 0 Å². The van der Waals surface area contributed by atoms with Crippen molar-refractivity contribution in [3.05, 3.63) is 64.2 Å². The molecule has 0 bridgehead atoms. The number of benzene rings is 2. The molecule has 1 N–H and O–H groups in total. The summed E-state index contributed by atoms with van der Waals surface area (Å²) in [5.74, 6) is 0.187. The number of aryl methyl sites for hydroxylation is 1. The third-order valence-corrected chi connectivity index (χ3v) is 8.46. The third kappa shape index (κ3) is 4.27. The van der Waals surface area contributed by atoms with E-state index in [0.717, 1.165) is 37.7 Å². The van der Waals surface area contributed by atoms with Gasteiger partial charge in [0.25, 0.3) is 5.91 Å². The standard InChI is InChI=1S/C23H27ClN2O3S/c1-16-11-13-26(14-12-16)30(28,29)18-9-10-21(24)20(15-18)23(27)25-22-8-4-6-17-5-2-3-7-19(17)22/h2-3,5,7,9-10,15-16,22H,4,6,8,11-14H2,1H3,(H,25,27). The number of piperidine rings is 1. The SMILES string of the molecule is CC1CCN(S(=O)(=O)c2ccc(Cl)c(C(=O)NC3CCCc4ccccc43)c2)CC1. The Labute approximate surface area is 183 Å². The minimum Gasteiger partial charge on any atom is -0.345 e. The highest BCUT2D eigenvalue weighted by Crippen LogP contribution is 2.31. The summed E-state index contributed by atoms with van der Waals surface area (Å²) in [5.41, 5.74) is 2.57. The van der Waals surface area contributed by atoms with Crippen molar-refractivity contribution in [3.63, 3.8) is 0 Å². The average molecular weight is 447 g/mol. The second kappa shape index (κ2) is 8.69. The van der Waals surface area contributed by atoms with Crippen molar-refractivity contribution < 1.29 is 13.2 Å². The Hall–Kier alpha value is -1.89. The van der Waals surface area contributed by atoms with Gasteiger partial charge in [-0.15, -0.1) is 0 Å². The predicted molar refractivity (Wildman–Crippen MR) is 118 cm³/mol. The van der Waals surface area contributed by atoms with Gasteiger partial charge in [0.1, 0.15) is 0 Å². The Balaban J connectivity index is 1.57. The number of carbonyl (C=O) groups is 1. The summed E-state index contributed by atoms with van der Waals surface area (Å²) in [7, 11) is -3.65. The monoisotopic (exact) mass is 446 g/mol. The molecular formula is C23H27ClN2O3S. The van der Waals surface area contributed by atoms with Gasteiger partial charge in [-0.2, -0.15) is 4.31 Å². The van der Waals surface area contributed by atoms with Crippen molar-refractivity contribution >= 4 is 27.5 Å². The number of rotatable bonds is 4. The van der Waals surface area contributed by atoms with Gasteiger partial charge in [-0.05, 0) is 67.3 Å². The van der Waals surface area contributed by atoms with Crippen LogP contribution in [-0.4, -0.2) is 31.7 Å². The first-order chi connectivity index (χ1) is 14.4. The van der Waals surface area contributed by atoms with E-state index >= 15 is 0 Å². The van der Waals surface area contributed by atoms with Crippen LogP contribution in [0.2, 0.25) is 5.02 Å². The Morgan fingerprint density at radius 2 is 1.83 bits per heavy atom. The minimum absolute atomic E-state index is 0.0950. The highest BCUT2D eigenvalue weighted by molar-refractivity contribution is 7.89. The number of nitrogens with zero attached hydrogens (tertiary/aromatic N) is 1. The highest BCUT2D eigenvalue weighted by Gasteiger charge is 2.30. The number of nitrogens with one attached hydrogen (secondary N) is 1. The van der Waals surface area contributed by atoms with Crippen LogP contribution in [0.25, 0.3) is 0 Å². The van der Waals surface area contributed by atoms with Crippen molar-refractivity contribution in [1.82, 2.24) is 9.62 Å². The van der Waals surface area contributed by atoms with E-state index < -0.39 is 10.0 Å². The zero-order valence-corrected chi connectivity index (χ0v) is 18.7. The average Bonchev–Trinajstić information content (AvgIpc) is 2.74. The number of amides is 1. The van der Waals surface area contributed by atoms with Crippen molar-refractivity contribution in [2.75, 3.05) is 13.1 Å². The van der Waals surface area contributed by atoms with E-state index in [0.29, 0.717) is 19.0 Å². The summed E-state index contributed by atoms with van der Waals surface area (Å²) in [4.78, 5) is 13.2. The lowest BCUT2D eigenvalue weighted by atomic mass is 9.87. The van der Waals surface area contributed by atoms with Crippen molar-refractivity contribution in [1.29, 1.82) is 0 Å². The Bertz CT molecular complexity index is 1050. The second-order valence-corrected chi connectivity index (χ2v) is 10.7. The first-order valence-corrected chi connectivity index (χ1v) is 12.4. The molecule has 5 nitrogen and oxygen atoms in total. The van der Waals surface area contributed by atoms with E-state index in [-0.39, 0.29) is 27.4 Å². The molecule has 0 aromatic heterocycles. The molecule has 1 aliphatic heterocycles. The van der Waals surface area contributed by atoms with Gasteiger partial charge < -0.3 is 5.32 Å². The maximum absolute atomic E-state index is 13.1. The molecule has 0 spiro atoms. The van der Waals surface area contributed by atoms with Gasteiger partial charge in [0, 0.05) is 13.1 Å². The van der Waals surface area contributed by atoms with Crippen LogP contribution >= 0.6 is 11.6 Å². The smallest absolute Gasteiger partial charge is 0.253 e. The molecule has 2 aromatic rings. The maximum Gasteiger partial charge on any atom is 0.253 e. The summed E-state index contributed by atoms with van der Waals surface area (Å²) in [6, 6.07) is 12.4. The lowest BCUT2D eigenvalue weighted by molar-refractivity contribution is 0.0932. The fourth-order valence-corrected chi connectivity index (χ4v) is 6.05. The number of halogens is 1. The number of hydrogen-bond acceptors (Lipinski definition) is 3. The molecule has 1 saturated heterocycles. The first kappa shape index (κ1) is 21.3. The third-order valence-electron chi connectivity index (χ3n) is 6.24. The van der Waals surface area contributed by atoms with Crippen LogP contribution in [0.15, 0.2) is 47.4 Å². The van der Waals surface area contributed by atoms with Crippen LogP contribution < -0.4 is 5.32 Å². The Morgan fingerprint density at radius 1 is 1.10 bits per heavy atom. The van der Waals surface area contributed by atoms with Gasteiger partial charge >= 0.3 is 0 Å². The van der Waals surface area contributed by atoms with Gasteiger partial charge in [0.05, 0.1) is 21.5 Å². The minimum atomic E-state index is -3.65. The zero-order chi connectivity index (χ0) is 21.3. The molecule has 1 fully saturated rings. The molecule has 0 saturated carbocycles. The van der Waals surface area contributed by atoms with E-state index in [9.17, 15) is 13.2 Å². The largest absolute Gasteiger partial charge is 0.345 e. The van der Waals surface area contributed by atoms with Crippen LogP contribution in [0.4, 0.5) is 0 Å². The summed E-state index contributed by atoms with van der Waals surface area (Å²) in [6.07, 6.45) is 4.55. The summed E-state index contributed by atoms with van der Waals surface area (Å²) < 4.78 is 27.7. The highest BCUT2D eigenvalue weighted by atomic mass is 35.5. The molecule has 1 aliphatic carbocycles. The number of fused-ring (bicyclic) bond motifs is 1. The normalized spacial score (nSPS) is 20.5. The predicted octanol–water partition coefficient (Wildman–Crippen LogP) is 4.57.